The van der Waals surface area contributed by atoms with E-state index in [-0.39, 0.29) is 5.41 Å². The Morgan fingerprint density at radius 1 is 0.964 bits per heavy atom. The van der Waals surface area contributed by atoms with E-state index in [1.165, 1.54) is 0 Å². The number of Topliss-reactive ketones (excluding diaryl/α,β-unsaturated/α-hetero) is 1. The van der Waals surface area contributed by atoms with Crippen LogP contribution in [0.4, 0.5) is 0 Å². The van der Waals surface area contributed by atoms with Gasteiger partial charge in [-0.1, -0.05) is 40.5 Å². The second-order valence-electron chi connectivity index (χ2n) is 7.33. The zero-order chi connectivity index (χ0) is 22.1. The Morgan fingerprint density at radius 3 is 1.79 bits per heavy atom. The number of carbonyl (C=O) groups excluding carboxylic acids is 2. The molecule has 0 saturated carbocycles. The minimum Gasteiger partial charge on any atom is -0.481 e. The maximum atomic E-state index is 12.8. The Labute approximate surface area is 166 Å². The van der Waals surface area contributed by atoms with Crippen LogP contribution in [0.5, 0.6) is 0 Å². The van der Waals surface area contributed by atoms with E-state index in [2.05, 4.69) is 0 Å². The van der Waals surface area contributed by atoms with E-state index in [0.29, 0.717) is 25.7 Å². The third kappa shape index (κ3) is 6.02. The molecule has 0 aromatic carbocycles. The standard InChI is InChI=1S/C20H34O8/c1-6-10-11-14(19(7-2,8-3)9-4)28-17(24)16(13(5)21)20(27,18(25)26)12-15(22)23/h14,16,27H,6-12H2,1-5H3,(H,22,23)(H,25,26). The monoisotopic (exact) mass is 402 g/mol. The first-order chi connectivity index (χ1) is 12.9. The lowest BCUT2D eigenvalue weighted by Gasteiger charge is -2.40. The molecule has 0 bridgehead atoms. The first-order valence-electron chi connectivity index (χ1n) is 9.84. The fourth-order valence-electron chi connectivity index (χ4n) is 3.75. The first-order valence-corrected chi connectivity index (χ1v) is 9.84. The summed E-state index contributed by atoms with van der Waals surface area (Å²) in [5, 5.41) is 28.7. The molecular weight excluding hydrogens is 368 g/mol. The van der Waals surface area contributed by atoms with Crippen LogP contribution in [-0.4, -0.2) is 50.7 Å². The van der Waals surface area contributed by atoms with Gasteiger partial charge in [-0.25, -0.2) is 4.79 Å². The van der Waals surface area contributed by atoms with Crippen molar-refractivity contribution in [2.24, 2.45) is 11.3 Å². The lowest BCUT2D eigenvalue weighted by molar-refractivity contribution is -0.188. The van der Waals surface area contributed by atoms with Gasteiger partial charge in [0.15, 0.2) is 11.5 Å². The van der Waals surface area contributed by atoms with Gasteiger partial charge in [0, 0.05) is 5.41 Å². The Bertz CT molecular complexity index is 558. The third-order valence-electron chi connectivity index (χ3n) is 5.78. The molecule has 3 N–H and O–H groups in total. The molecule has 0 spiro atoms. The highest BCUT2D eigenvalue weighted by molar-refractivity contribution is 6.05. The highest BCUT2D eigenvalue weighted by Gasteiger charge is 2.54. The first kappa shape index (κ1) is 26.0. The number of hydrogen-bond donors (Lipinski definition) is 3. The van der Waals surface area contributed by atoms with E-state index in [0.717, 1.165) is 19.8 Å². The summed E-state index contributed by atoms with van der Waals surface area (Å²) < 4.78 is 5.62. The van der Waals surface area contributed by atoms with Crippen LogP contribution in [0, 0.1) is 11.3 Å². The summed E-state index contributed by atoms with van der Waals surface area (Å²) in [6.07, 6.45) is 2.44. The van der Waals surface area contributed by atoms with Crippen molar-refractivity contribution in [1.82, 2.24) is 0 Å². The molecule has 0 amide bonds. The molecule has 0 aliphatic rings. The molecular formula is C20H34O8. The third-order valence-corrected chi connectivity index (χ3v) is 5.78. The molecule has 28 heavy (non-hydrogen) atoms. The van der Waals surface area contributed by atoms with E-state index < -0.39 is 47.7 Å². The quantitative estimate of drug-likeness (QED) is 0.298. The molecule has 0 aliphatic carbocycles. The van der Waals surface area contributed by atoms with Crippen molar-refractivity contribution >= 4 is 23.7 Å². The summed E-state index contributed by atoms with van der Waals surface area (Å²) in [6, 6.07) is 0. The van der Waals surface area contributed by atoms with Crippen LogP contribution in [0.1, 0.15) is 79.6 Å². The summed E-state index contributed by atoms with van der Waals surface area (Å²) in [5.74, 6) is -7.87. The molecule has 0 aliphatic heterocycles. The van der Waals surface area contributed by atoms with Crippen molar-refractivity contribution in [3.05, 3.63) is 0 Å². The number of aliphatic hydroxyl groups is 1. The lowest BCUT2D eigenvalue weighted by atomic mass is 9.73. The number of esters is 1. The van der Waals surface area contributed by atoms with Gasteiger partial charge in [0.25, 0.3) is 0 Å². The van der Waals surface area contributed by atoms with Gasteiger partial charge in [-0.2, -0.15) is 0 Å². The second kappa shape index (κ2) is 11.1. The van der Waals surface area contributed by atoms with Crippen LogP contribution in [0.3, 0.4) is 0 Å². The number of unbranched alkanes of at least 4 members (excludes halogenated alkanes) is 1. The Kier molecular flexibility index (Phi) is 10.4. The van der Waals surface area contributed by atoms with E-state index in [1.54, 1.807) is 0 Å². The number of carbonyl (C=O) groups is 4. The summed E-state index contributed by atoms with van der Waals surface area (Å²) in [4.78, 5) is 47.5. The summed E-state index contributed by atoms with van der Waals surface area (Å²) in [7, 11) is 0. The van der Waals surface area contributed by atoms with Crippen LogP contribution < -0.4 is 0 Å². The average molecular weight is 402 g/mol. The predicted molar refractivity (Wildman–Crippen MR) is 102 cm³/mol. The Balaban J connectivity index is 6.00. The number of ketones is 1. The molecule has 0 radical (unpaired) electrons. The largest absolute Gasteiger partial charge is 0.481 e. The van der Waals surface area contributed by atoms with Gasteiger partial charge >= 0.3 is 17.9 Å². The smallest absolute Gasteiger partial charge is 0.337 e. The summed E-state index contributed by atoms with van der Waals surface area (Å²) >= 11 is 0. The number of aliphatic carboxylic acids is 2. The second-order valence-corrected chi connectivity index (χ2v) is 7.33. The molecule has 0 fully saturated rings. The summed E-state index contributed by atoms with van der Waals surface area (Å²) in [5.41, 5.74) is -3.42. The molecule has 0 rings (SSSR count). The van der Waals surface area contributed by atoms with Crippen LogP contribution in [0.25, 0.3) is 0 Å². The molecule has 8 heteroatoms. The minimum atomic E-state index is -3.07. The minimum absolute atomic E-state index is 0.347. The van der Waals surface area contributed by atoms with Crippen molar-refractivity contribution in [2.45, 2.75) is 91.3 Å². The van der Waals surface area contributed by atoms with Gasteiger partial charge < -0.3 is 20.1 Å². The van der Waals surface area contributed by atoms with Gasteiger partial charge in [-0.15, -0.1) is 0 Å². The van der Waals surface area contributed by atoms with Crippen molar-refractivity contribution in [2.75, 3.05) is 0 Å². The van der Waals surface area contributed by atoms with Crippen LogP contribution >= 0.6 is 0 Å². The average Bonchev–Trinajstić information content (AvgIpc) is 2.60. The maximum absolute atomic E-state index is 12.8. The number of ether oxygens (including phenoxy) is 1. The van der Waals surface area contributed by atoms with E-state index in [1.807, 2.05) is 27.7 Å². The van der Waals surface area contributed by atoms with Crippen LogP contribution in [0.15, 0.2) is 0 Å². The van der Waals surface area contributed by atoms with Gasteiger partial charge in [0.2, 0.25) is 0 Å². The molecule has 0 aromatic heterocycles. The van der Waals surface area contributed by atoms with E-state index in [4.69, 9.17) is 9.84 Å². The highest BCUT2D eigenvalue weighted by atomic mass is 16.5. The van der Waals surface area contributed by atoms with Crippen molar-refractivity contribution < 1.29 is 39.2 Å². The van der Waals surface area contributed by atoms with Crippen molar-refractivity contribution in [3.8, 4) is 0 Å². The lowest BCUT2D eigenvalue weighted by Crippen LogP contribution is -2.55. The Morgan fingerprint density at radius 2 is 1.46 bits per heavy atom. The van der Waals surface area contributed by atoms with Crippen LogP contribution in [-0.2, 0) is 23.9 Å². The van der Waals surface area contributed by atoms with Gasteiger partial charge in [-0.05, 0) is 32.6 Å². The molecule has 3 unspecified atom stereocenters. The molecule has 0 aromatic rings. The molecule has 0 saturated heterocycles. The SMILES string of the molecule is CCCCC(OC(=O)C(C(C)=O)C(O)(CC(=O)O)C(=O)O)C(CC)(CC)CC. The summed E-state index contributed by atoms with van der Waals surface area (Å²) in [6.45, 7) is 8.84. The fraction of sp³-hybridized carbons (Fsp3) is 0.800. The fourth-order valence-corrected chi connectivity index (χ4v) is 3.75. The predicted octanol–water partition coefficient (Wildman–Crippen LogP) is 2.80. The molecule has 162 valence electrons. The normalized spacial score (nSPS) is 15.9. The van der Waals surface area contributed by atoms with Gasteiger partial charge in [0.1, 0.15) is 11.9 Å². The zero-order valence-corrected chi connectivity index (χ0v) is 17.5. The van der Waals surface area contributed by atoms with Gasteiger partial charge in [-0.3, -0.25) is 14.4 Å². The highest BCUT2D eigenvalue weighted by Crippen LogP contribution is 2.39. The van der Waals surface area contributed by atoms with E-state index >= 15 is 0 Å². The maximum Gasteiger partial charge on any atom is 0.337 e. The van der Waals surface area contributed by atoms with E-state index in [9.17, 15) is 29.4 Å². The number of hydrogen-bond acceptors (Lipinski definition) is 6. The molecule has 3 atom stereocenters. The Hall–Kier alpha value is -1.96. The number of carboxylic acid groups (broad SMARTS) is 2. The molecule has 0 heterocycles. The number of rotatable bonds is 14. The number of carboxylic acids is 2. The topological polar surface area (TPSA) is 138 Å². The van der Waals surface area contributed by atoms with Crippen LogP contribution in [0.2, 0.25) is 0 Å². The van der Waals surface area contributed by atoms with Crippen molar-refractivity contribution in [3.63, 3.8) is 0 Å². The zero-order valence-electron chi connectivity index (χ0n) is 17.5. The molecule has 8 nitrogen and oxygen atoms in total. The van der Waals surface area contributed by atoms with Crippen molar-refractivity contribution in [1.29, 1.82) is 0 Å². The van der Waals surface area contributed by atoms with Gasteiger partial charge in [0.05, 0.1) is 6.42 Å².